The molecule has 0 radical (unpaired) electrons. The molecular weight excluding hydrogens is 257 g/mol. The molecular formula is C15H22FN3O. The SMILES string of the molecule is CCN(C(=O)C(C)N1CCNCC1)c1ccc(F)cc1. The first-order chi connectivity index (χ1) is 9.63. The summed E-state index contributed by atoms with van der Waals surface area (Å²) < 4.78 is 13.0. The van der Waals surface area contributed by atoms with E-state index in [4.69, 9.17) is 0 Å². The summed E-state index contributed by atoms with van der Waals surface area (Å²) in [6, 6.07) is 5.94. The van der Waals surface area contributed by atoms with Gasteiger partial charge in [-0.15, -0.1) is 0 Å². The maximum absolute atomic E-state index is 13.0. The second-order valence-electron chi connectivity index (χ2n) is 5.02. The number of rotatable bonds is 4. The van der Waals surface area contributed by atoms with E-state index in [1.54, 1.807) is 17.0 Å². The molecule has 2 rings (SSSR count). The maximum Gasteiger partial charge on any atom is 0.244 e. The van der Waals surface area contributed by atoms with Gasteiger partial charge in [0.15, 0.2) is 0 Å². The summed E-state index contributed by atoms with van der Waals surface area (Å²) in [5, 5.41) is 3.28. The molecule has 0 bridgehead atoms. The lowest BCUT2D eigenvalue weighted by molar-refractivity contribution is -0.123. The molecule has 1 N–H and O–H groups in total. The topological polar surface area (TPSA) is 35.6 Å². The molecule has 5 heteroatoms. The minimum absolute atomic E-state index is 0.0704. The number of nitrogens with zero attached hydrogens (tertiary/aromatic N) is 2. The highest BCUT2D eigenvalue weighted by molar-refractivity contribution is 5.96. The highest BCUT2D eigenvalue weighted by atomic mass is 19.1. The molecule has 1 heterocycles. The zero-order valence-electron chi connectivity index (χ0n) is 12.1. The van der Waals surface area contributed by atoms with Crippen molar-refractivity contribution in [3.8, 4) is 0 Å². The van der Waals surface area contributed by atoms with Crippen LogP contribution in [0, 0.1) is 5.82 Å². The summed E-state index contributed by atoms with van der Waals surface area (Å²) in [5.74, 6) is -0.214. The Morgan fingerprint density at radius 2 is 1.95 bits per heavy atom. The standard InChI is InChI=1S/C15H22FN3O/c1-3-19(14-6-4-13(16)5-7-14)15(20)12(2)18-10-8-17-9-11-18/h4-7,12,17H,3,8-11H2,1-2H3. The monoisotopic (exact) mass is 279 g/mol. The third-order valence-electron chi connectivity index (χ3n) is 3.78. The van der Waals surface area contributed by atoms with Crippen LogP contribution in [0.25, 0.3) is 0 Å². The van der Waals surface area contributed by atoms with Gasteiger partial charge in [-0.3, -0.25) is 9.69 Å². The minimum Gasteiger partial charge on any atom is -0.314 e. The predicted molar refractivity (Wildman–Crippen MR) is 78.3 cm³/mol. The Kier molecular flexibility index (Phi) is 5.09. The molecule has 0 aliphatic carbocycles. The van der Waals surface area contributed by atoms with Gasteiger partial charge in [0.2, 0.25) is 5.91 Å². The highest BCUT2D eigenvalue weighted by Crippen LogP contribution is 2.17. The van der Waals surface area contributed by atoms with Crippen LogP contribution in [0.4, 0.5) is 10.1 Å². The smallest absolute Gasteiger partial charge is 0.244 e. The highest BCUT2D eigenvalue weighted by Gasteiger charge is 2.26. The van der Waals surface area contributed by atoms with Crippen LogP contribution in [0.2, 0.25) is 0 Å². The first-order valence-corrected chi connectivity index (χ1v) is 7.15. The van der Waals surface area contributed by atoms with Gasteiger partial charge in [0, 0.05) is 38.4 Å². The van der Waals surface area contributed by atoms with E-state index in [1.165, 1.54) is 12.1 Å². The van der Waals surface area contributed by atoms with E-state index in [0.717, 1.165) is 31.9 Å². The van der Waals surface area contributed by atoms with Crippen LogP contribution in [0.3, 0.4) is 0 Å². The van der Waals surface area contributed by atoms with E-state index in [0.29, 0.717) is 6.54 Å². The van der Waals surface area contributed by atoms with Crippen LogP contribution in [0.15, 0.2) is 24.3 Å². The molecule has 1 aliphatic rings. The number of carbonyl (C=O) groups is 1. The molecule has 20 heavy (non-hydrogen) atoms. The van der Waals surface area contributed by atoms with Crippen LogP contribution in [0.1, 0.15) is 13.8 Å². The molecule has 0 spiro atoms. The third kappa shape index (κ3) is 3.35. The number of halogens is 1. The molecule has 0 aromatic heterocycles. The molecule has 4 nitrogen and oxygen atoms in total. The number of nitrogens with one attached hydrogen (secondary N) is 1. The molecule has 1 saturated heterocycles. The second-order valence-corrected chi connectivity index (χ2v) is 5.02. The van der Waals surface area contributed by atoms with Gasteiger partial charge in [-0.1, -0.05) is 0 Å². The summed E-state index contributed by atoms with van der Waals surface area (Å²) in [6.45, 7) is 8.06. The average Bonchev–Trinajstić information content (AvgIpc) is 2.50. The van der Waals surface area contributed by atoms with E-state index < -0.39 is 0 Å². The van der Waals surface area contributed by atoms with Crippen molar-refractivity contribution in [2.75, 3.05) is 37.6 Å². The molecule has 1 aliphatic heterocycles. The van der Waals surface area contributed by atoms with Crippen molar-refractivity contribution in [1.29, 1.82) is 0 Å². The van der Waals surface area contributed by atoms with E-state index in [9.17, 15) is 9.18 Å². The Labute approximate surface area is 119 Å². The number of anilines is 1. The molecule has 0 saturated carbocycles. The Hall–Kier alpha value is -1.46. The van der Waals surface area contributed by atoms with Gasteiger partial charge in [0.25, 0.3) is 0 Å². The van der Waals surface area contributed by atoms with Crippen LogP contribution >= 0.6 is 0 Å². The molecule has 1 fully saturated rings. The van der Waals surface area contributed by atoms with Crippen molar-refractivity contribution in [3.05, 3.63) is 30.1 Å². The maximum atomic E-state index is 13.0. The lowest BCUT2D eigenvalue weighted by Crippen LogP contribution is -2.53. The van der Waals surface area contributed by atoms with Crippen molar-refractivity contribution in [1.82, 2.24) is 10.2 Å². The van der Waals surface area contributed by atoms with E-state index in [2.05, 4.69) is 10.2 Å². The largest absolute Gasteiger partial charge is 0.314 e. The molecule has 110 valence electrons. The predicted octanol–water partition coefficient (Wildman–Crippen LogP) is 1.47. The third-order valence-corrected chi connectivity index (χ3v) is 3.78. The first kappa shape index (κ1) is 14.9. The molecule has 1 aromatic rings. The molecule has 1 unspecified atom stereocenters. The summed E-state index contributed by atoms with van der Waals surface area (Å²) in [7, 11) is 0. The lowest BCUT2D eigenvalue weighted by atomic mass is 10.2. The minimum atomic E-state index is -0.285. The number of benzene rings is 1. The number of carbonyl (C=O) groups excluding carboxylic acids is 1. The molecule has 1 aromatic carbocycles. The van der Waals surface area contributed by atoms with Crippen molar-refractivity contribution in [2.45, 2.75) is 19.9 Å². The molecule has 1 amide bonds. The Morgan fingerprint density at radius 1 is 1.35 bits per heavy atom. The number of hydrogen-bond donors (Lipinski definition) is 1. The van der Waals surface area contributed by atoms with E-state index >= 15 is 0 Å². The number of piperazine rings is 1. The lowest BCUT2D eigenvalue weighted by Gasteiger charge is -2.34. The number of hydrogen-bond acceptors (Lipinski definition) is 3. The fourth-order valence-electron chi connectivity index (χ4n) is 2.54. The summed E-state index contributed by atoms with van der Waals surface area (Å²) in [6.07, 6.45) is 0. The van der Waals surface area contributed by atoms with Crippen molar-refractivity contribution < 1.29 is 9.18 Å². The Bertz CT molecular complexity index is 443. The summed E-state index contributed by atoms with van der Waals surface area (Å²) in [5.41, 5.74) is 0.751. The van der Waals surface area contributed by atoms with E-state index in [-0.39, 0.29) is 17.8 Å². The van der Waals surface area contributed by atoms with Crippen molar-refractivity contribution in [3.63, 3.8) is 0 Å². The number of amides is 1. The normalized spacial score (nSPS) is 17.8. The fraction of sp³-hybridized carbons (Fsp3) is 0.533. The zero-order valence-corrected chi connectivity index (χ0v) is 12.1. The van der Waals surface area contributed by atoms with Gasteiger partial charge in [-0.05, 0) is 38.1 Å². The summed E-state index contributed by atoms with van der Waals surface area (Å²) >= 11 is 0. The van der Waals surface area contributed by atoms with Crippen molar-refractivity contribution >= 4 is 11.6 Å². The quantitative estimate of drug-likeness (QED) is 0.906. The van der Waals surface area contributed by atoms with Gasteiger partial charge in [-0.2, -0.15) is 0 Å². The fourth-order valence-corrected chi connectivity index (χ4v) is 2.54. The zero-order chi connectivity index (χ0) is 14.5. The van der Waals surface area contributed by atoms with Gasteiger partial charge in [-0.25, -0.2) is 4.39 Å². The Balaban J connectivity index is 2.09. The van der Waals surface area contributed by atoms with Crippen molar-refractivity contribution in [2.24, 2.45) is 0 Å². The first-order valence-electron chi connectivity index (χ1n) is 7.15. The van der Waals surface area contributed by atoms with Crippen LogP contribution < -0.4 is 10.2 Å². The van der Waals surface area contributed by atoms with Gasteiger partial charge in [0.1, 0.15) is 5.82 Å². The van der Waals surface area contributed by atoms with Crippen LogP contribution in [-0.4, -0.2) is 49.6 Å². The number of likely N-dealkylation sites (N-methyl/N-ethyl adjacent to an activating group) is 1. The summed E-state index contributed by atoms with van der Waals surface area (Å²) in [4.78, 5) is 16.5. The van der Waals surface area contributed by atoms with Gasteiger partial charge < -0.3 is 10.2 Å². The average molecular weight is 279 g/mol. The molecule has 1 atom stereocenters. The van der Waals surface area contributed by atoms with Crippen LogP contribution in [0.5, 0.6) is 0 Å². The second kappa shape index (κ2) is 6.81. The van der Waals surface area contributed by atoms with E-state index in [1.807, 2.05) is 13.8 Å². The van der Waals surface area contributed by atoms with Gasteiger partial charge in [0.05, 0.1) is 6.04 Å². The Morgan fingerprint density at radius 3 is 2.50 bits per heavy atom. The van der Waals surface area contributed by atoms with Gasteiger partial charge >= 0.3 is 0 Å². The van der Waals surface area contributed by atoms with Crippen LogP contribution in [-0.2, 0) is 4.79 Å².